The van der Waals surface area contributed by atoms with Gasteiger partial charge in [0.1, 0.15) is 0 Å². The number of anilines is 2. The first-order valence-electron chi connectivity index (χ1n) is 10.2. The number of ether oxygens (including phenoxy) is 2. The van der Waals surface area contributed by atoms with Crippen LogP contribution in [-0.2, 0) is 14.3 Å². The van der Waals surface area contributed by atoms with Crippen LogP contribution in [0.25, 0.3) is 0 Å². The second-order valence-electron chi connectivity index (χ2n) is 7.64. The highest BCUT2D eigenvalue weighted by molar-refractivity contribution is 5.71. The van der Waals surface area contributed by atoms with Crippen molar-refractivity contribution in [3.8, 4) is 0 Å². The molecule has 0 amide bonds. The molecule has 3 rings (SSSR count). The summed E-state index contributed by atoms with van der Waals surface area (Å²) in [5, 5.41) is 0. The van der Waals surface area contributed by atoms with Crippen molar-refractivity contribution in [2.75, 3.05) is 56.6 Å². The zero-order valence-electron chi connectivity index (χ0n) is 16.4. The topological polar surface area (TPSA) is 68.0 Å². The Balaban J connectivity index is 1.31. The number of piperidine rings is 2. The number of carbonyl (C=O) groups is 1. The van der Waals surface area contributed by atoms with Crippen molar-refractivity contribution in [1.29, 1.82) is 0 Å². The maximum absolute atomic E-state index is 11.6. The molecule has 1 aromatic rings. The highest BCUT2D eigenvalue weighted by atomic mass is 16.5. The van der Waals surface area contributed by atoms with Crippen LogP contribution in [-0.4, -0.2) is 62.9 Å². The molecule has 2 aliphatic rings. The SMILES string of the molecule is CCOC(=O)CN1CCC(OCC2CCN(c3ccc(N)cc3)CC2)CC1. The molecule has 27 heavy (non-hydrogen) atoms. The van der Waals surface area contributed by atoms with E-state index in [0.717, 1.165) is 51.3 Å². The fraction of sp³-hybridized carbons (Fsp3) is 0.667. The van der Waals surface area contributed by atoms with Gasteiger partial charge in [0.25, 0.3) is 0 Å². The Labute approximate surface area is 162 Å². The third-order valence-corrected chi connectivity index (χ3v) is 5.63. The third kappa shape index (κ3) is 6.11. The Morgan fingerprint density at radius 1 is 1.07 bits per heavy atom. The Kier molecular flexibility index (Phi) is 7.35. The molecule has 0 saturated carbocycles. The summed E-state index contributed by atoms with van der Waals surface area (Å²) < 4.78 is 11.2. The molecule has 0 radical (unpaired) electrons. The summed E-state index contributed by atoms with van der Waals surface area (Å²) in [5.74, 6) is 0.525. The molecule has 2 N–H and O–H groups in total. The van der Waals surface area contributed by atoms with E-state index < -0.39 is 0 Å². The quantitative estimate of drug-likeness (QED) is 0.583. The van der Waals surface area contributed by atoms with Gasteiger partial charge in [-0.3, -0.25) is 9.69 Å². The summed E-state index contributed by atoms with van der Waals surface area (Å²) in [6, 6.07) is 8.16. The van der Waals surface area contributed by atoms with E-state index in [1.807, 2.05) is 19.1 Å². The number of nitrogens with two attached hydrogens (primary N) is 1. The van der Waals surface area contributed by atoms with Crippen LogP contribution in [0.15, 0.2) is 24.3 Å². The van der Waals surface area contributed by atoms with Gasteiger partial charge in [0.2, 0.25) is 0 Å². The second kappa shape index (κ2) is 9.95. The normalized spacial score (nSPS) is 20.0. The van der Waals surface area contributed by atoms with E-state index >= 15 is 0 Å². The fourth-order valence-corrected chi connectivity index (χ4v) is 3.94. The summed E-state index contributed by atoms with van der Waals surface area (Å²) in [4.78, 5) is 16.2. The molecule has 0 atom stereocenters. The largest absolute Gasteiger partial charge is 0.465 e. The number of nitrogens with zero attached hydrogens (tertiary/aromatic N) is 2. The van der Waals surface area contributed by atoms with Gasteiger partial charge in [-0.15, -0.1) is 0 Å². The van der Waals surface area contributed by atoms with E-state index in [4.69, 9.17) is 15.2 Å². The van der Waals surface area contributed by atoms with Gasteiger partial charge in [0.05, 0.1) is 19.3 Å². The fourth-order valence-electron chi connectivity index (χ4n) is 3.94. The van der Waals surface area contributed by atoms with Gasteiger partial charge in [-0.25, -0.2) is 0 Å². The molecule has 0 aromatic heterocycles. The second-order valence-corrected chi connectivity index (χ2v) is 7.64. The summed E-state index contributed by atoms with van der Waals surface area (Å²) in [7, 11) is 0. The number of esters is 1. The van der Waals surface area contributed by atoms with E-state index in [0.29, 0.717) is 25.2 Å². The minimum absolute atomic E-state index is 0.121. The Morgan fingerprint density at radius 2 is 1.74 bits per heavy atom. The van der Waals surface area contributed by atoms with E-state index in [2.05, 4.69) is 21.9 Å². The molecule has 150 valence electrons. The number of nitrogen functional groups attached to an aromatic ring is 1. The van der Waals surface area contributed by atoms with Crippen LogP contribution in [0.2, 0.25) is 0 Å². The van der Waals surface area contributed by atoms with Crippen LogP contribution in [0.1, 0.15) is 32.6 Å². The van der Waals surface area contributed by atoms with Crippen LogP contribution in [0.3, 0.4) is 0 Å². The predicted octanol–water partition coefficient (Wildman–Crippen LogP) is 2.53. The number of benzene rings is 1. The molecule has 0 bridgehead atoms. The van der Waals surface area contributed by atoms with Gasteiger partial charge in [0.15, 0.2) is 0 Å². The zero-order chi connectivity index (χ0) is 19.1. The van der Waals surface area contributed by atoms with Gasteiger partial charge in [-0.2, -0.15) is 0 Å². The van der Waals surface area contributed by atoms with E-state index in [9.17, 15) is 4.79 Å². The zero-order valence-corrected chi connectivity index (χ0v) is 16.4. The molecule has 2 aliphatic heterocycles. The minimum atomic E-state index is -0.121. The summed E-state index contributed by atoms with van der Waals surface area (Å²) >= 11 is 0. The maximum atomic E-state index is 11.6. The van der Waals surface area contributed by atoms with Gasteiger partial charge < -0.3 is 20.1 Å². The predicted molar refractivity (Wildman–Crippen MR) is 108 cm³/mol. The molecule has 2 saturated heterocycles. The van der Waals surface area contributed by atoms with Crippen molar-refractivity contribution >= 4 is 17.3 Å². The van der Waals surface area contributed by atoms with Gasteiger partial charge in [0, 0.05) is 44.2 Å². The molecule has 1 aromatic carbocycles. The smallest absolute Gasteiger partial charge is 0.320 e. The van der Waals surface area contributed by atoms with Crippen molar-refractivity contribution in [3.05, 3.63) is 24.3 Å². The molecule has 2 fully saturated rings. The lowest BCUT2D eigenvalue weighted by Crippen LogP contribution is -2.41. The molecule has 2 heterocycles. The van der Waals surface area contributed by atoms with Crippen molar-refractivity contribution in [1.82, 2.24) is 4.90 Å². The number of hydrogen-bond donors (Lipinski definition) is 1. The molecular formula is C21H33N3O3. The first kappa shape index (κ1) is 20.0. The Hall–Kier alpha value is -1.79. The van der Waals surface area contributed by atoms with Crippen LogP contribution in [0.5, 0.6) is 0 Å². The summed E-state index contributed by atoms with van der Waals surface area (Å²) in [6.45, 7) is 7.56. The summed E-state index contributed by atoms with van der Waals surface area (Å²) in [6.07, 6.45) is 4.68. The van der Waals surface area contributed by atoms with Crippen LogP contribution < -0.4 is 10.6 Å². The third-order valence-electron chi connectivity index (χ3n) is 5.63. The van der Waals surface area contributed by atoms with Gasteiger partial charge >= 0.3 is 5.97 Å². The van der Waals surface area contributed by atoms with Gasteiger partial charge in [-0.1, -0.05) is 0 Å². The number of carbonyl (C=O) groups excluding carboxylic acids is 1. The number of likely N-dealkylation sites (tertiary alicyclic amines) is 1. The highest BCUT2D eigenvalue weighted by Crippen LogP contribution is 2.25. The average Bonchev–Trinajstić information content (AvgIpc) is 2.69. The molecule has 0 spiro atoms. The van der Waals surface area contributed by atoms with Crippen molar-refractivity contribution in [2.24, 2.45) is 5.92 Å². The minimum Gasteiger partial charge on any atom is -0.465 e. The van der Waals surface area contributed by atoms with E-state index in [-0.39, 0.29) is 5.97 Å². The first-order chi connectivity index (χ1) is 13.1. The summed E-state index contributed by atoms with van der Waals surface area (Å²) in [5.41, 5.74) is 7.85. The van der Waals surface area contributed by atoms with E-state index in [1.165, 1.54) is 18.5 Å². The number of hydrogen-bond acceptors (Lipinski definition) is 6. The lowest BCUT2D eigenvalue weighted by atomic mass is 9.97. The molecule has 0 aliphatic carbocycles. The monoisotopic (exact) mass is 375 g/mol. The molecular weight excluding hydrogens is 342 g/mol. The van der Waals surface area contributed by atoms with Crippen LogP contribution in [0, 0.1) is 5.92 Å². The number of rotatable bonds is 7. The molecule has 6 nitrogen and oxygen atoms in total. The first-order valence-corrected chi connectivity index (χ1v) is 10.2. The maximum Gasteiger partial charge on any atom is 0.320 e. The standard InChI is InChI=1S/C21H33N3O3/c1-2-26-21(25)15-23-11-9-20(10-12-23)27-16-17-7-13-24(14-8-17)19-5-3-18(22)4-6-19/h3-6,17,20H,2,7-16,22H2,1H3. The van der Waals surface area contributed by atoms with Crippen LogP contribution in [0.4, 0.5) is 11.4 Å². The average molecular weight is 376 g/mol. The Morgan fingerprint density at radius 3 is 2.37 bits per heavy atom. The lowest BCUT2D eigenvalue weighted by molar-refractivity contribution is -0.145. The van der Waals surface area contributed by atoms with Gasteiger partial charge in [-0.05, 0) is 62.8 Å². The Bertz CT molecular complexity index is 577. The van der Waals surface area contributed by atoms with Crippen molar-refractivity contribution in [3.63, 3.8) is 0 Å². The van der Waals surface area contributed by atoms with E-state index in [1.54, 1.807) is 0 Å². The molecule has 0 unspecified atom stereocenters. The lowest BCUT2D eigenvalue weighted by Gasteiger charge is -2.35. The van der Waals surface area contributed by atoms with Crippen molar-refractivity contribution < 1.29 is 14.3 Å². The van der Waals surface area contributed by atoms with Crippen molar-refractivity contribution in [2.45, 2.75) is 38.7 Å². The molecule has 6 heteroatoms. The van der Waals surface area contributed by atoms with Crippen LogP contribution >= 0.6 is 0 Å². The highest BCUT2D eigenvalue weighted by Gasteiger charge is 2.24.